The highest BCUT2D eigenvalue weighted by Gasteiger charge is 2.16. The number of nitro groups is 1. The van der Waals surface area contributed by atoms with Gasteiger partial charge in [-0.05, 0) is 24.3 Å². The minimum absolute atomic E-state index is 0.0895. The molecule has 110 valence electrons. The molecule has 0 aliphatic rings. The number of nitrogens with two attached hydrogens (primary N) is 1. The second-order valence-electron chi connectivity index (χ2n) is 4.18. The Morgan fingerprint density at radius 3 is 2.43 bits per heavy atom. The Labute approximate surface area is 121 Å². The van der Waals surface area contributed by atoms with Crippen molar-refractivity contribution in [3.63, 3.8) is 0 Å². The van der Waals surface area contributed by atoms with Crippen LogP contribution in [0.25, 0.3) is 0 Å². The number of anilines is 1. The number of nitro benzene ring substituents is 1. The lowest BCUT2D eigenvalue weighted by Crippen LogP contribution is -2.12. The number of nitrogen functional groups attached to an aromatic ring is 1. The van der Waals surface area contributed by atoms with Crippen molar-refractivity contribution >= 4 is 11.4 Å². The third-order valence-corrected chi connectivity index (χ3v) is 2.92. The van der Waals surface area contributed by atoms with Gasteiger partial charge in [-0.3, -0.25) is 16.0 Å². The molecule has 0 aromatic heterocycles. The predicted molar refractivity (Wildman–Crippen MR) is 78.2 cm³/mol. The summed E-state index contributed by atoms with van der Waals surface area (Å²) in [7, 11) is 1.58. The van der Waals surface area contributed by atoms with Gasteiger partial charge in [-0.25, -0.2) is 0 Å². The highest BCUT2D eigenvalue weighted by atomic mass is 16.6. The van der Waals surface area contributed by atoms with Crippen molar-refractivity contribution in [2.45, 2.75) is 6.61 Å². The predicted octanol–water partition coefficient (Wildman–Crippen LogP) is 2.47. The molecule has 0 saturated heterocycles. The van der Waals surface area contributed by atoms with E-state index in [4.69, 9.17) is 15.3 Å². The summed E-state index contributed by atoms with van der Waals surface area (Å²) in [6.07, 6.45) is 0. The van der Waals surface area contributed by atoms with Crippen molar-refractivity contribution < 1.29 is 14.4 Å². The summed E-state index contributed by atoms with van der Waals surface area (Å²) in [5, 5.41) is 10.9. The lowest BCUT2D eigenvalue weighted by atomic mass is 10.1. The largest absolute Gasteiger partial charge is 0.497 e. The van der Waals surface area contributed by atoms with E-state index in [1.807, 2.05) is 0 Å². The van der Waals surface area contributed by atoms with E-state index >= 15 is 0 Å². The first-order valence-corrected chi connectivity index (χ1v) is 6.15. The second-order valence-corrected chi connectivity index (χ2v) is 4.18. The zero-order valence-corrected chi connectivity index (χ0v) is 11.4. The van der Waals surface area contributed by atoms with Crippen LogP contribution in [-0.2, 0) is 6.61 Å². The third kappa shape index (κ3) is 3.40. The van der Waals surface area contributed by atoms with Gasteiger partial charge in [0.05, 0.1) is 12.0 Å². The molecule has 0 aliphatic heterocycles. The standard InChI is InChI=1S/C14H15N3O4/c1-20-11-5-7-12(8-6-11)21-9-10-3-2-4-13(17(18)19)14(10)16-15/h2-8,16H,9,15H2,1H3. The number of para-hydroxylation sites is 1. The molecule has 0 unspecified atom stereocenters. The number of nitrogens with zero attached hydrogens (tertiary/aromatic N) is 1. The highest BCUT2D eigenvalue weighted by molar-refractivity contribution is 5.65. The van der Waals surface area contributed by atoms with E-state index in [-0.39, 0.29) is 18.0 Å². The molecule has 7 nitrogen and oxygen atoms in total. The molecule has 0 saturated carbocycles. The van der Waals surface area contributed by atoms with Gasteiger partial charge in [0.1, 0.15) is 23.8 Å². The van der Waals surface area contributed by atoms with E-state index in [2.05, 4.69) is 5.43 Å². The summed E-state index contributed by atoms with van der Waals surface area (Å²) in [5.74, 6) is 6.72. The zero-order valence-electron chi connectivity index (χ0n) is 11.4. The van der Waals surface area contributed by atoms with Crippen molar-refractivity contribution in [2.24, 2.45) is 5.84 Å². The molecule has 0 fully saturated rings. The van der Waals surface area contributed by atoms with Gasteiger partial charge in [0.15, 0.2) is 0 Å². The van der Waals surface area contributed by atoms with Crippen LogP contribution in [0.3, 0.4) is 0 Å². The molecule has 0 atom stereocenters. The van der Waals surface area contributed by atoms with Gasteiger partial charge < -0.3 is 14.9 Å². The van der Waals surface area contributed by atoms with Crippen LogP contribution in [0.5, 0.6) is 11.5 Å². The number of hydrazine groups is 1. The van der Waals surface area contributed by atoms with Gasteiger partial charge in [-0.15, -0.1) is 0 Å². The minimum atomic E-state index is -0.494. The number of hydrogen-bond acceptors (Lipinski definition) is 6. The molecule has 0 radical (unpaired) electrons. The van der Waals surface area contributed by atoms with Crippen LogP contribution in [0.15, 0.2) is 42.5 Å². The van der Waals surface area contributed by atoms with Crippen molar-refractivity contribution in [2.75, 3.05) is 12.5 Å². The third-order valence-electron chi connectivity index (χ3n) is 2.92. The smallest absolute Gasteiger partial charge is 0.294 e. The van der Waals surface area contributed by atoms with E-state index in [0.29, 0.717) is 11.3 Å². The van der Waals surface area contributed by atoms with Gasteiger partial charge >= 0.3 is 0 Å². The Bertz CT molecular complexity index is 629. The topological polar surface area (TPSA) is 99.6 Å². The van der Waals surface area contributed by atoms with E-state index in [9.17, 15) is 10.1 Å². The molecule has 21 heavy (non-hydrogen) atoms. The maximum atomic E-state index is 10.9. The average molecular weight is 289 g/mol. The average Bonchev–Trinajstić information content (AvgIpc) is 2.52. The maximum Gasteiger partial charge on any atom is 0.294 e. The number of hydrogen-bond donors (Lipinski definition) is 2. The summed E-state index contributed by atoms with van der Waals surface area (Å²) in [6, 6.07) is 11.7. The second kappa shape index (κ2) is 6.58. The number of benzene rings is 2. The summed E-state index contributed by atoms with van der Waals surface area (Å²) >= 11 is 0. The molecule has 0 bridgehead atoms. The van der Waals surface area contributed by atoms with Crippen LogP contribution in [0.1, 0.15) is 5.56 Å². The number of methoxy groups -OCH3 is 1. The van der Waals surface area contributed by atoms with Crippen molar-refractivity contribution in [3.05, 3.63) is 58.1 Å². The Kier molecular flexibility index (Phi) is 4.57. The molecule has 0 aliphatic carbocycles. The lowest BCUT2D eigenvalue weighted by Gasteiger charge is -2.11. The van der Waals surface area contributed by atoms with Crippen molar-refractivity contribution in [1.82, 2.24) is 0 Å². The van der Waals surface area contributed by atoms with E-state index in [1.165, 1.54) is 6.07 Å². The fraction of sp³-hybridized carbons (Fsp3) is 0.143. The van der Waals surface area contributed by atoms with Crippen LogP contribution in [-0.4, -0.2) is 12.0 Å². The number of ether oxygens (including phenoxy) is 2. The van der Waals surface area contributed by atoms with Gasteiger partial charge in [0.2, 0.25) is 0 Å². The molecular weight excluding hydrogens is 274 g/mol. The Balaban J connectivity index is 2.15. The molecule has 0 spiro atoms. The van der Waals surface area contributed by atoms with E-state index in [1.54, 1.807) is 43.5 Å². The fourth-order valence-corrected chi connectivity index (χ4v) is 1.86. The van der Waals surface area contributed by atoms with Crippen LogP contribution in [0.4, 0.5) is 11.4 Å². The zero-order chi connectivity index (χ0) is 15.2. The molecule has 2 aromatic carbocycles. The quantitative estimate of drug-likeness (QED) is 0.481. The summed E-state index contributed by atoms with van der Waals surface area (Å²) < 4.78 is 10.6. The Hall–Kier alpha value is -2.80. The van der Waals surface area contributed by atoms with Crippen molar-refractivity contribution in [3.8, 4) is 11.5 Å². The molecule has 7 heteroatoms. The Morgan fingerprint density at radius 1 is 1.19 bits per heavy atom. The van der Waals surface area contributed by atoms with Crippen LogP contribution >= 0.6 is 0 Å². The maximum absolute atomic E-state index is 10.9. The molecule has 3 N–H and O–H groups in total. The molecule has 2 rings (SSSR count). The normalized spacial score (nSPS) is 10.0. The van der Waals surface area contributed by atoms with Gasteiger partial charge in [-0.1, -0.05) is 12.1 Å². The molecule has 2 aromatic rings. The first kappa shape index (κ1) is 14.6. The van der Waals surface area contributed by atoms with Crippen LogP contribution in [0.2, 0.25) is 0 Å². The lowest BCUT2D eigenvalue weighted by molar-refractivity contribution is -0.384. The first-order chi connectivity index (χ1) is 10.2. The monoisotopic (exact) mass is 289 g/mol. The minimum Gasteiger partial charge on any atom is -0.497 e. The first-order valence-electron chi connectivity index (χ1n) is 6.15. The van der Waals surface area contributed by atoms with Gasteiger partial charge in [0.25, 0.3) is 5.69 Å². The van der Waals surface area contributed by atoms with Gasteiger partial charge in [-0.2, -0.15) is 0 Å². The van der Waals surface area contributed by atoms with Crippen molar-refractivity contribution in [1.29, 1.82) is 0 Å². The SMILES string of the molecule is COc1ccc(OCc2cccc([N+](=O)[O-])c2NN)cc1. The number of nitrogens with one attached hydrogen (secondary N) is 1. The molecule has 0 heterocycles. The molecular formula is C14H15N3O4. The number of rotatable bonds is 6. The molecule has 0 amide bonds. The van der Waals surface area contributed by atoms with Gasteiger partial charge in [0, 0.05) is 11.6 Å². The van der Waals surface area contributed by atoms with E-state index in [0.717, 1.165) is 5.75 Å². The van der Waals surface area contributed by atoms with Crippen LogP contribution < -0.4 is 20.7 Å². The summed E-state index contributed by atoms with van der Waals surface area (Å²) in [6.45, 7) is 0.160. The Morgan fingerprint density at radius 2 is 1.86 bits per heavy atom. The summed E-state index contributed by atoms with van der Waals surface area (Å²) in [4.78, 5) is 10.4. The highest BCUT2D eigenvalue weighted by Crippen LogP contribution is 2.28. The van der Waals surface area contributed by atoms with Crippen LogP contribution in [0, 0.1) is 10.1 Å². The van der Waals surface area contributed by atoms with E-state index < -0.39 is 4.92 Å². The fourth-order valence-electron chi connectivity index (χ4n) is 1.86. The summed E-state index contributed by atoms with van der Waals surface area (Å²) in [5.41, 5.74) is 3.11.